The highest BCUT2D eigenvalue weighted by atomic mass is 35.5. The predicted octanol–water partition coefficient (Wildman–Crippen LogP) is 2.78. The zero-order chi connectivity index (χ0) is 17.1. The minimum Gasteiger partial charge on any atom is -0.349 e. The van der Waals surface area contributed by atoms with Crippen molar-refractivity contribution < 1.29 is 4.79 Å². The molecule has 5 nitrogen and oxygen atoms in total. The third kappa shape index (κ3) is 3.79. The van der Waals surface area contributed by atoms with Gasteiger partial charge in [-0.3, -0.25) is 14.4 Å². The lowest BCUT2D eigenvalue weighted by molar-refractivity contribution is 0.0908. The summed E-state index contributed by atoms with van der Waals surface area (Å²) in [7, 11) is 1.91. The molecule has 24 heavy (non-hydrogen) atoms. The van der Waals surface area contributed by atoms with Crippen LogP contribution in [0, 0.1) is 6.92 Å². The number of hydrogen-bond acceptors (Lipinski definition) is 3. The molecule has 2 heterocycles. The number of carbonyl (C=O) groups is 1. The topological polar surface area (TPSA) is 50.2 Å². The van der Waals surface area contributed by atoms with Crippen LogP contribution in [-0.4, -0.2) is 39.7 Å². The van der Waals surface area contributed by atoms with Gasteiger partial charge in [-0.15, -0.1) is 0 Å². The fraction of sp³-hybridized carbons (Fsp3) is 0.444. The molecule has 0 aliphatic carbocycles. The monoisotopic (exact) mass is 346 g/mol. The first-order chi connectivity index (χ1) is 11.5. The lowest BCUT2D eigenvalue weighted by Crippen LogP contribution is -2.44. The van der Waals surface area contributed by atoms with E-state index in [0.717, 1.165) is 54.4 Å². The number of aryl methyl sites for hydroxylation is 1. The molecule has 1 aromatic heterocycles. The molecule has 1 aliphatic rings. The van der Waals surface area contributed by atoms with Gasteiger partial charge >= 0.3 is 0 Å². The van der Waals surface area contributed by atoms with E-state index in [-0.39, 0.29) is 11.9 Å². The third-order valence-electron chi connectivity index (χ3n) is 4.66. The van der Waals surface area contributed by atoms with Gasteiger partial charge < -0.3 is 5.32 Å². The van der Waals surface area contributed by atoms with Crippen LogP contribution in [0.1, 0.15) is 34.6 Å². The maximum absolute atomic E-state index is 12.2. The van der Waals surface area contributed by atoms with Crippen molar-refractivity contribution in [3.05, 3.63) is 52.3 Å². The van der Waals surface area contributed by atoms with Gasteiger partial charge in [-0.25, -0.2) is 0 Å². The molecule has 1 N–H and O–H groups in total. The van der Waals surface area contributed by atoms with E-state index in [0.29, 0.717) is 0 Å². The van der Waals surface area contributed by atoms with Gasteiger partial charge in [0.2, 0.25) is 0 Å². The number of nitrogens with zero attached hydrogens (tertiary/aromatic N) is 3. The van der Waals surface area contributed by atoms with Crippen LogP contribution in [0.4, 0.5) is 0 Å². The van der Waals surface area contributed by atoms with Crippen LogP contribution in [0.5, 0.6) is 0 Å². The molecule has 0 saturated carbocycles. The van der Waals surface area contributed by atoms with Crippen LogP contribution < -0.4 is 5.32 Å². The molecule has 1 aromatic carbocycles. The van der Waals surface area contributed by atoms with Crippen LogP contribution in [0.2, 0.25) is 5.02 Å². The summed E-state index contributed by atoms with van der Waals surface area (Å²) in [4.78, 5) is 14.6. The van der Waals surface area contributed by atoms with Gasteiger partial charge in [0.15, 0.2) is 0 Å². The van der Waals surface area contributed by atoms with Gasteiger partial charge in [-0.05, 0) is 31.9 Å². The van der Waals surface area contributed by atoms with Gasteiger partial charge in [-0.2, -0.15) is 5.10 Å². The molecule has 2 aromatic rings. The normalized spacial score (nSPS) is 16.3. The molecule has 6 heteroatoms. The zero-order valence-electron chi connectivity index (χ0n) is 14.1. The van der Waals surface area contributed by atoms with Crippen molar-refractivity contribution in [2.45, 2.75) is 32.4 Å². The fourth-order valence-electron chi connectivity index (χ4n) is 3.06. The Hall–Kier alpha value is -1.85. The minimum absolute atomic E-state index is 0.0115. The summed E-state index contributed by atoms with van der Waals surface area (Å²) in [5.41, 5.74) is 2.65. The lowest BCUT2D eigenvalue weighted by Gasteiger charge is -2.32. The SMILES string of the molecule is Cc1c(Cl)c(CN2CCC(NC(=O)c3ccccc3)CC2)nn1C. The Morgan fingerprint density at radius 3 is 2.54 bits per heavy atom. The Morgan fingerprint density at radius 2 is 1.96 bits per heavy atom. The highest BCUT2D eigenvalue weighted by Crippen LogP contribution is 2.22. The van der Waals surface area contributed by atoms with E-state index in [1.807, 2.05) is 49.0 Å². The summed E-state index contributed by atoms with van der Waals surface area (Å²) in [5.74, 6) is 0.0115. The van der Waals surface area contributed by atoms with Crippen molar-refractivity contribution in [1.82, 2.24) is 20.0 Å². The van der Waals surface area contributed by atoms with Crippen molar-refractivity contribution in [3.63, 3.8) is 0 Å². The van der Waals surface area contributed by atoms with Crippen LogP contribution in [0.25, 0.3) is 0 Å². The summed E-state index contributed by atoms with van der Waals surface area (Å²) in [6.07, 6.45) is 1.89. The van der Waals surface area contributed by atoms with Gasteiger partial charge in [0, 0.05) is 38.3 Å². The first-order valence-corrected chi connectivity index (χ1v) is 8.68. The maximum atomic E-state index is 12.2. The first-order valence-electron chi connectivity index (χ1n) is 8.31. The van der Waals surface area contributed by atoms with E-state index in [1.54, 1.807) is 0 Å². The molecule has 0 atom stereocenters. The molecule has 0 unspecified atom stereocenters. The maximum Gasteiger partial charge on any atom is 0.251 e. The van der Waals surface area contributed by atoms with Gasteiger partial charge in [0.25, 0.3) is 5.91 Å². The quantitative estimate of drug-likeness (QED) is 0.926. The highest BCUT2D eigenvalue weighted by Gasteiger charge is 2.23. The van der Waals surface area contributed by atoms with Crippen LogP contribution in [0.15, 0.2) is 30.3 Å². The number of halogens is 1. The zero-order valence-corrected chi connectivity index (χ0v) is 14.9. The number of carbonyl (C=O) groups excluding carboxylic acids is 1. The van der Waals surface area contributed by atoms with E-state index in [1.165, 1.54) is 0 Å². The number of aromatic nitrogens is 2. The van der Waals surface area contributed by atoms with E-state index in [2.05, 4.69) is 15.3 Å². The molecule has 0 radical (unpaired) electrons. The van der Waals surface area contributed by atoms with Crippen molar-refractivity contribution in [3.8, 4) is 0 Å². The summed E-state index contributed by atoms with van der Waals surface area (Å²) in [6, 6.07) is 9.60. The standard InChI is InChI=1S/C18H23ClN4O/c1-13-17(19)16(21-22(13)2)12-23-10-8-15(9-11-23)20-18(24)14-6-4-3-5-7-14/h3-7,15H,8-12H2,1-2H3,(H,20,24). The predicted molar refractivity (Wildman–Crippen MR) is 95.2 cm³/mol. The largest absolute Gasteiger partial charge is 0.349 e. The molecule has 1 aliphatic heterocycles. The Balaban J connectivity index is 1.51. The van der Waals surface area contributed by atoms with Gasteiger partial charge in [0.05, 0.1) is 16.4 Å². The smallest absolute Gasteiger partial charge is 0.251 e. The molecule has 1 saturated heterocycles. The molecule has 0 bridgehead atoms. The van der Waals surface area contributed by atoms with Crippen LogP contribution in [-0.2, 0) is 13.6 Å². The van der Waals surface area contributed by atoms with E-state index >= 15 is 0 Å². The summed E-state index contributed by atoms with van der Waals surface area (Å²) >= 11 is 6.33. The molecular formula is C18H23ClN4O. The van der Waals surface area contributed by atoms with Crippen molar-refractivity contribution in [1.29, 1.82) is 0 Å². The lowest BCUT2D eigenvalue weighted by atomic mass is 10.0. The number of piperidine rings is 1. The number of rotatable bonds is 4. The average molecular weight is 347 g/mol. The van der Waals surface area contributed by atoms with Crippen LogP contribution in [0.3, 0.4) is 0 Å². The fourth-order valence-corrected chi connectivity index (χ4v) is 3.28. The number of nitrogens with one attached hydrogen (secondary N) is 1. The molecule has 0 spiro atoms. The number of amides is 1. The van der Waals surface area contributed by atoms with Crippen molar-refractivity contribution >= 4 is 17.5 Å². The Kier molecular flexibility index (Phi) is 5.21. The second-order valence-electron chi connectivity index (χ2n) is 6.36. The Morgan fingerprint density at radius 1 is 1.29 bits per heavy atom. The number of hydrogen-bond donors (Lipinski definition) is 1. The summed E-state index contributed by atoms with van der Waals surface area (Å²) < 4.78 is 1.82. The van der Waals surface area contributed by atoms with Crippen LogP contribution >= 0.6 is 11.6 Å². The molecule has 1 fully saturated rings. The van der Waals surface area contributed by atoms with Crippen molar-refractivity contribution in [2.24, 2.45) is 7.05 Å². The minimum atomic E-state index is 0.0115. The highest BCUT2D eigenvalue weighted by molar-refractivity contribution is 6.31. The van der Waals surface area contributed by atoms with Gasteiger partial charge in [-0.1, -0.05) is 29.8 Å². The van der Waals surface area contributed by atoms with E-state index in [9.17, 15) is 4.79 Å². The van der Waals surface area contributed by atoms with Crippen molar-refractivity contribution in [2.75, 3.05) is 13.1 Å². The van der Waals surface area contributed by atoms with Gasteiger partial charge in [0.1, 0.15) is 0 Å². The number of likely N-dealkylation sites (tertiary alicyclic amines) is 1. The second kappa shape index (κ2) is 7.36. The third-order valence-corrected chi connectivity index (χ3v) is 5.15. The average Bonchev–Trinajstić information content (AvgIpc) is 2.84. The first kappa shape index (κ1) is 17.0. The Bertz CT molecular complexity index is 705. The van der Waals surface area contributed by atoms with E-state index < -0.39 is 0 Å². The molecular weight excluding hydrogens is 324 g/mol. The molecule has 128 valence electrons. The number of benzene rings is 1. The molecule has 3 rings (SSSR count). The second-order valence-corrected chi connectivity index (χ2v) is 6.74. The van der Waals surface area contributed by atoms with E-state index in [4.69, 9.17) is 11.6 Å². The Labute approximate surface area is 147 Å². The summed E-state index contributed by atoms with van der Waals surface area (Å²) in [5, 5.41) is 8.38. The summed E-state index contributed by atoms with van der Waals surface area (Å²) in [6.45, 7) is 4.61. The molecule has 1 amide bonds.